The van der Waals surface area contributed by atoms with Crippen LogP contribution in [-0.4, -0.2) is 22.1 Å². The van der Waals surface area contributed by atoms with Crippen molar-refractivity contribution in [3.8, 4) is 0 Å². The molecular formula is C16H20N2O3. The molecule has 1 heterocycles. The lowest BCUT2D eigenvalue weighted by Crippen LogP contribution is -2.18. The average Bonchev–Trinajstić information content (AvgIpc) is 2.74. The highest BCUT2D eigenvalue weighted by molar-refractivity contribution is 5.92. The molecule has 21 heavy (non-hydrogen) atoms. The maximum Gasteiger partial charge on any atom is 0.335 e. The Balaban J connectivity index is 1.76. The molecule has 1 aromatic carbocycles. The van der Waals surface area contributed by atoms with Crippen LogP contribution in [0.15, 0.2) is 22.6 Å². The average molecular weight is 288 g/mol. The van der Waals surface area contributed by atoms with Crippen molar-refractivity contribution in [2.75, 3.05) is 5.32 Å². The van der Waals surface area contributed by atoms with Crippen molar-refractivity contribution in [2.45, 2.75) is 45.1 Å². The molecule has 1 fully saturated rings. The van der Waals surface area contributed by atoms with Gasteiger partial charge in [0.1, 0.15) is 5.52 Å². The van der Waals surface area contributed by atoms with Crippen molar-refractivity contribution in [3.05, 3.63) is 23.8 Å². The number of fused-ring (bicyclic) bond motifs is 1. The van der Waals surface area contributed by atoms with E-state index in [1.165, 1.54) is 25.3 Å². The second kappa shape index (κ2) is 5.76. The van der Waals surface area contributed by atoms with Gasteiger partial charge in [0.2, 0.25) is 0 Å². The topological polar surface area (TPSA) is 75.4 Å². The zero-order valence-corrected chi connectivity index (χ0v) is 12.1. The molecule has 1 aliphatic carbocycles. The summed E-state index contributed by atoms with van der Waals surface area (Å²) in [5.41, 5.74) is 1.41. The normalized spacial score (nSPS) is 22.9. The molecule has 5 nitrogen and oxygen atoms in total. The summed E-state index contributed by atoms with van der Waals surface area (Å²) in [5, 5.41) is 12.3. The number of nitrogens with one attached hydrogen (secondary N) is 1. The molecule has 2 unspecified atom stereocenters. The first-order valence-corrected chi connectivity index (χ1v) is 7.52. The van der Waals surface area contributed by atoms with Gasteiger partial charge in [0.25, 0.3) is 6.01 Å². The van der Waals surface area contributed by atoms with Crippen molar-refractivity contribution < 1.29 is 14.3 Å². The SMILES string of the molecule is CC1CCCC(Nc2nc3ccc(C(=O)O)cc3o2)CC1. The Hall–Kier alpha value is -2.04. The first-order valence-electron chi connectivity index (χ1n) is 7.52. The molecule has 0 amide bonds. The van der Waals surface area contributed by atoms with E-state index in [2.05, 4.69) is 17.2 Å². The highest BCUT2D eigenvalue weighted by Gasteiger charge is 2.18. The van der Waals surface area contributed by atoms with E-state index in [9.17, 15) is 4.79 Å². The number of aromatic carboxylic acids is 1. The van der Waals surface area contributed by atoms with Crippen LogP contribution in [0.3, 0.4) is 0 Å². The number of carboxylic acid groups (broad SMARTS) is 1. The van der Waals surface area contributed by atoms with E-state index in [0.29, 0.717) is 23.2 Å². The van der Waals surface area contributed by atoms with Crippen LogP contribution in [0.5, 0.6) is 0 Å². The predicted octanol–water partition coefficient (Wildman–Crippen LogP) is 3.91. The molecule has 0 saturated heterocycles. The first-order chi connectivity index (χ1) is 10.1. The Bertz CT molecular complexity index is 650. The Labute approximate surface area is 123 Å². The minimum absolute atomic E-state index is 0.216. The number of nitrogens with zero attached hydrogens (tertiary/aromatic N) is 1. The van der Waals surface area contributed by atoms with Crippen molar-refractivity contribution in [1.82, 2.24) is 4.98 Å². The molecular weight excluding hydrogens is 268 g/mol. The van der Waals surface area contributed by atoms with E-state index >= 15 is 0 Å². The quantitative estimate of drug-likeness (QED) is 0.837. The third-order valence-electron chi connectivity index (χ3n) is 4.22. The molecule has 3 rings (SSSR count). The number of benzene rings is 1. The van der Waals surface area contributed by atoms with Gasteiger partial charge in [-0.3, -0.25) is 0 Å². The molecule has 1 aromatic heterocycles. The number of carbonyl (C=O) groups is 1. The third-order valence-corrected chi connectivity index (χ3v) is 4.22. The molecule has 2 N–H and O–H groups in total. The first kappa shape index (κ1) is 13.9. The lowest BCUT2D eigenvalue weighted by molar-refractivity contribution is 0.0697. The van der Waals surface area contributed by atoms with E-state index < -0.39 is 5.97 Å². The fourth-order valence-electron chi connectivity index (χ4n) is 2.93. The van der Waals surface area contributed by atoms with Gasteiger partial charge < -0.3 is 14.8 Å². The van der Waals surface area contributed by atoms with Gasteiger partial charge in [0.05, 0.1) is 5.56 Å². The fourth-order valence-corrected chi connectivity index (χ4v) is 2.93. The van der Waals surface area contributed by atoms with Crippen molar-refractivity contribution in [2.24, 2.45) is 5.92 Å². The fraction of sp³-hybridized carbons (Fsp3) is 0.500. The van der Waals surface area contributed by atoms with E-state index in [-0.39, 0.29) is 5.56 Å². The summed E-state index contributed by atoms with van der Waals surface area (Å²) in [6.07, 6.45) is 5.99. The Morgan fingerprint density at radius 3 is 3.00 bits per heavy atom. The van der Waals surface area contributed by atoms with E-state index in [1.54, 1.807) is 12.1 Å². The third kappa shape index (κ3) is 3.17. The summed E-state index contributed by atoms with van der Waals surface area (Å²) in [7, 11) is 0. The lowest BCUT2D eigenvalue weighted by Gasteiger charge is -2.14. The highest BCUT2D eigenvalue weighted by Crippen LogP contribution is 2.26. The molecule has 1 aliphatic rings. The van der Waals surface area contributed by atoms with E-state index in [1.807, 2.05) is 0 Å². The molecule has 0 bridgehead atoms. The number of oxazole rings is 1. The van der Waals surface area contributed by atoms with Gasteiger partial charge in [0, 0.05) is 6.04 Å². The number of carboxylic acids is 1. The number of aromatic nitrogens is 1. The summed E-state index contributed by atoms with van der Waals surface area (Å²) in [4.78, 5) is 15.3. The largest absolute Gasteiger partial charge is 0.478 e. The van der Waals surface area contributed by atoms with Gasteiger partial charge in [0.15, 0.2) is 5.58 Å². The molecule has 0 spiro atoms. The Kier molecular flexibility index (Phi) is 3.82. The van der Waals surface area contributed by atoms with Gasteiger partial charge >= 0.3 is 5.97 Å². The summed E-state index contributed by atoms with van der Waals surface area (Å²) >= 11 is 0. The summed E-state index contributed by atoms with van der Waals surface area (Å²) < 4.78 is 5.64. The molecule has 0 radical (unpaired) electrons. The smallest absolute Gasteiger partial charge is 0.335 e. The van der Waals surface area contributed by atoms with Gasteiger partial charge in [-0.25, -0.2) is 4.79 Å². The maximum absolute atomic E-state index is 11.0. The predicted molar refractivity (Wildman–Crippen MR) is 80.6 cm³/mol. The van der Waals surface area contributed by atoms with Crippen molar-refractivity contribution in [1.29, 1.82) is 0 Å². The minimum Gasteiger partial charge on any atom is -0.478 e. The Morgan fingerprint density at radius 2 is 2.19 bits per heavy atom. The second-order valence-electron chi connectivity index (χ2n) is 5.96. The van der Waals surface area contributed by atoms with Crippen molar-refractivity contribution in [3.63, 3.8) is 0 Å². The number of anilines is 1. The number of rotatable bonds is 3. The molecule has 2 atom stereocenters. The van der Waals surface area contributed by atoms with E-state index in [4.69, 9.17) is 9.52 Å². The van der Waals surface area contributed by atoms with Crippen LogP contribution in [0, 0.1) is 5.92 Å². The zero-order valence-electron chi connectivity index (χ0n) is 12.1. The summed E-state index contributed by atoms with van der Waals surface area (Å²) in [5.74, 6) is -0.167. The minimum atomic E-state index is -0.958. The monoisotopic (exact) mass is 288 g/mol. The molecule has 112 valence electrons. The van der Waals surface area contributed by atoms with Crippen LogP contribution < -0.4 is 5.32 Å². The van der Waals surface area contributed by atoms with E-state index in [0.717, 1.165) is 18.8 Å². The molecule has 1 saturated carbocycles. The van der Waals surface area contributed by atoms with Crippen molar-refractivity contribution >= 4 is 23.1 Å². The molecule has 2 aromatic rings. The van der Waals surface area contributed by atoms with Gasteiger partial charge in [-0.05, 0) is 43.4 Å². The van der Waals surface area contributed by atoms with Gasteiger partial charge in [-0.15, -0.1) is 0 Å². The Morgan fingerprint density at radius 1 is 1.33 bits per heavy atom. The van der Waals surface area contributed by atoms with Crippen LogP contribution in [0.2, 0.25) is 0 Å². The highest BCUT2D eigenvalue weighted by atomic mass is 16.4. The molecule has 0 aliphatic heterocycles. The van der Waals surface area contributed by atoms with Crippen LogP contribution in [0.4, 0.5) is 6.01 Å². The summed E-state index contributed by atoms with van der Waals surface area (Å²) in [6, 6.07) is 5.63. The second-order valence-corrected chi connectivity index (χ2v) is 5.96. The van der Waals surface area contributed by atoms with Crippen LogP contribution in [0.1, 0.15) is 49.4 Å². The lowest BCUT2D eigenvalue weighted by atomic mass is 10.0. The maximum atomic E-state index is 11.0. The zero-order chi connectivity index (χ0) is 14.8. The number of hydrogen-bond donors (Lipinski definition) is 2. The van der Waals surface area contributed by atoms with Crippen LogP contribution >= 0.6 is 0 Å². The van der Waals surface area contributed by atoms with Crippen LogP contribution in [-0.2, 0) is 0 Å². The summed E-state index contributed by atoms with van der Waals surface area (Å²) in [6.45, 7) is 2.30. The van der Waals surface area contributed by atoms with Gasteiger partial charge in [-0.2, -0.15) is 4.98 Å². The van der Waals surface area contributed by atoms with Gasteiger partial charge in [-0.1, -0.05) is 19.8 Å². The standard InChI is InChI=1S/C16H20N2O3/c1-10-3-2-4-12(7-5-10)17-16-18-13-8-6-11(15(19)20)9-14(13)21-16/h6,8-10,12H,2-5,7H2,1H3,(H,17,18)(H,19,20). The van der Waals surface area contributed by atoms with Crippen LogP contribution in [0.25, 0.3) is 11.1 Å². The molecule has 5 heteroatoms. The number of hydrogen-bond acceptors (Lipinski definition) is 4.